The summed E-state index contributed by atoms with van der Waals surface area (Å²) in [6, 6.07) is 0. The van der Waals surface area contributed by atoms with Crippen molar-refractivity contribution in [2.24, 2.45) is 0 Å². The SMILES string of the molecule is CCC(=O)C(C)(OC(C)=O)OC(C)=O. The molecule has 0 unspecified atom stereocenters. The Kier molecular flexibility index (Phi) is 4.27. The van der Waals surface area contributed by atoms with Crippen LogP contribution < -0.4 is 0 Å². The first kappa shape index (κ1) is 12.6. The van der Waals surface area contributed by atoms with Gasteiger partial charge < -0.3 is 9.47 Å². The Hall–Kier alpha value is -1.39. The molecule has 0 saturated carbocycles. The monoisotopic (exact) mass is 202 g/mol. The van der Waals surface area contributed by atoms with Crippen LogP contribution in [0.4, 0.5) is 0 Å². The largest absolute Gasteiger partial charge is 0.415 e. The number of ether oxygens (including phenoxy) is 2. The van der Waals surface area contributed by atoms with Gasteiger partial charge in [0, 0.05) is 27.2 Å². The summed E-state index contributed by atoms with van der Waals surface area (Å²) in [6.07, 6.45) is 0.122. The molecule has 0 aliphatic carbocycles. The number of carbonyl (C=O) groups excluding carboxylic acids is 3. The van der Waals surface area contributed by atoms with Gasteiger partial charge >= 0.3 is 17.7 Å². The first-order chi connectivity index (χ1) is 6.31. The highest BCUT2D eigenvalue weighted by molar-refractivity contribution is 5.89. The van der Waals surface area contributed by atoms with Crippen LogP contribution in [0, 0.1) is 0 Å². The Balaban J connectivity index is 4.74. The molecule has 0 saturated heterocycles. The Morgan fingerprint density at radius 1 is 1.07 bits per heavy atom. The standard InChI is InChI=1S/C9H14O5/c1-5-8(12)9(4,13-6(2)10)14-7(3)11/h5H2,1-4H3. The average molecular weight is 202 g/mol. The van der Waals surface area contributed by atoms with E-state index in [1.807, 2.05) is 0 Å². The summed E-state index contributed by atoms with van der Waals surface area (Å²) in [6.45, 7) is 5.13. The first-order valence-corrected chi connectivity index (χ1v) is 4.24. The third kappa shape index (κ3) is 3.55. The summed E-state index contributed by atoms with van der Waals surface area (Å²) in [5.41, 5.74) is 0. The minimum Gasteiger partial charge on any atom is -0.415 e. The van der Waals surface area contributed by atoms with Crippen molar-refractivity contribution in [3.05, 3.63) is 0 Å². The number of Topliss-reactive ketones (excluding diaryl/α,β-unsaturated/α-hetero) is 1. The van der Waals surface area contributed by atoms with Crippen LogP contribution in [-0.2, 0) is 23.9 Å². The number of esters is 2. The third-order valence-electron chi connectivity index (χ3n) is 1.50. The van der Waals surface area contributed by atoms with Gasteiger partial charge in [-0.2, -0.15) is 0 Å². The van der Waals surface area contributed by atoms with Crippen molar-refractivity contribution in [1.82, 2.24) is 0 Å². The van der Waals surface area contributed by atoms with Gasteiger partial charge in [-0.15, -0.1) is 0 Å². The quantitative estimate of drug-likeness (QED) is 0.498. The second-order valence-corrected chi connectivity index (χ2v) is 2.91. The van der Waals surface area contributed by atoms with Gasteiger partial charge in [-0.25, -0.2) is 0 Å². The lowest BCUT2D eigenvalue weighted by atomic mass is 10.1. The molecule has 0 rings (SSSR count). The molecule has 5 nitrogen and oxygen atoms in total. The highest BCUT2D eigenvalue weighted by atomic mass is 16.7. The molecule has 0 aliphatic rings. The predicted octanol–water partition coefficient (Wildman–Crippen LogP) is 0.808. The zero-order valence-electron chi connectivity index (χ0n) is 8.75. The molecule has 0 amide bonds. The lowest BCUT2D eigenvalue weighted by Crippen LogP contribution is -2.43. The molecule has 0 bridgehead atoms. The molecule has 0 aliphatic heterocycles. The summed E-state index contributed by atoms with van der Waals surface area (Å²) < 4.78 is 9.34. The smallest absolute Gasteiger partial charge is 0.313 e. The van der Waals surface area contributed by atoms with Crippen molar-refractivity contribution in [3.63, 3.8) is 0 Å². The fourth-order valence-corrected chi connectivity index (χ4v) is 1.00. The van der Waals surface area contributed by atoms with Crippen LogP contribution in [0.15, 0.2) is 0 Å². The highest BCUT2D eigenvalue weighted by Gasteiger charge is 2.38. The van der Waals surface area contributed by atoms with E-state index in [1.165, 1.54) is 6.92 Å². The number of rotatable bonds is 4. The van der Waals surface area contributed by atoms with Crippen LogP contribution in [0.5, 0.6) is 0 Å². The van der Waals surface area contributed by atoms with Gasteiger partial charge in [0.1, 0.15) is 0 Å². The molecule has 0 radical (unpaired) electrons. The van der Waals surface area contributed by atoms with Crippen molar-refractivity contribution in [2.45, 2.75) is 39.9 Å². The van der Waals surface area contributed by atoms with E-state index in [2.05, 4.69) is 9.47 Å². The minimum absolute atomic E-state index is 0.122. The summed E-state index contributed by atoms with van der Waals surface area (Å²) in [5.74, 6) is -3.58. The molecule has 0 N–H and O–H groups in total. The van der Waals surface area contributed by atoms with E-state index in [-0.39, 0.29) is 6.42 Å². The second kappa shape index (κ2) is 4.74. The maximum absolute atomic E-state index is 11.4. The highest BCUT2D eigenvalue weighted by Crippen LogP contribution is 2.16. The maximum Gasteiger partial charge on any atom is 0.313 e. The van der Waals surface area contributed by atoms with E-state index < -0.39 is 23.5 Å². The van der Waals surface area contributed by atoms with Crippen molar-refractivity contribution in [3.8, 4) is 0 Å². The Bertz CT molecular complexity index is 240. The van der Waals surface area contributed by atoms with E-state index in [1.54, 1.807) is 6.92 Å². The Labute approximate surface area is 82.4 Å². The predicted molar refractivity (Wildman–Crippen MR) is 47.2 cm³/mol. The van der Waals surface area contributed by atoms with Crippen molar-refractivity contribution in [1.29, 1.82) is 0 Å². The number of hydrogen-bond donors (Lipinski definition) is 0. The van der Waals surface area contributed by atoms with Crippen LogP contribution in [0.1, 0.15) is 34.1 Å². The van der Waals surface area contributed by atoms with Crippen LogP contribution in [0.3, 0.4) is 0 Å². The van der Waals surface area contributed by atoms with Gasteiger partial charge in [0.05, 0.1) is 0 Å². The minimum atomic E-state index is -1.79. The molecule has 80 valence electrons. The van der Waals surface area contributed by atoms with E-state index in [4.69, 9.17) is 0 Å². The molecule has 5 heteroatoms. The molecule has 0 spiro atoms. The van der Waals surface area contributed by atoms with Gasteiger partial charge in [-0.3, -0.25) is 14.4 Å². The zero-order valence-corrected chi connectivity index (χ0v) is 8.75. The number of hydrogen-bond acceptors (Lipinski definition) is 5. The summed E-state index contributed by atoms with van der Waals surface area (Å²) in [4.78, 5) is 32.7. The zero-order chi connectivity index (χ0) is 11.4. The van der Waals surface area contributed by atoms with Crippen LogP contribution in [0.2, 0.25) is 0 Å². The van der Waals surface area contributed by atoms with E-state index in [0.717, 1.165) is 13.8 Å². The molecular formula is C9H14O5. The summed E-state index contributed by atoms with van der Waals surface area (Å²) in [5, 5.41) is 0. The van der Waals surface area contributed by atoms with Crippen molar-refractivity contribution >= 4 is 17.7 Å². The van der Waals surface area contributed by atoms with Gasteiger partial charge in [-0.1, -0.05) is 6.92 Å². The maximum atomic E-state index is 11.4. The lowest BCUT2D eigenvalue weighted by Gasteiger charge is -2.25. The van der Waals surface area contributed by atoms with Gasteiger partial charge in [0.15, 0.2) is 0 Å². The third-order valence-corrected chi connectivity index (χ3v) is 1.50. The van der Waals surface area contributed by atoms with Crippen LogP contribution in [-0.4, -0.2) is 23.5 Å². The van der Waals surface area contributed by atoms with E-state index >= 15 is 0 Å². The molecule has 0 heterocycles. The molecule has 0 fully saturated rings. The molecule has 0 aromatic carbocycles. The lowest BCUT2D eigenvalue weighted by molar-refractivity contribution is -0.218. The van der Waals surface area contributed by atoms with Crippen molar-refractivity contribution in [2.75, 3.05) is 0 Å². The van der Waals surface area contributed by atoms with Gasteiger partial charge in [0.25, 0.3) is 0 Å². The molecule has 0 aromatic heterocycles. The van der Waals surface area contributed by atoms with E-state index in [9.17, 15) is 14.4 Å². The first-order valence-electron chi connectivity index (χ1n) is 4.24. The Morgan fingerprint density at radius 3 is 1.64 bits per heavy atom. The normalized spacial score (nSPS) is 10.6. The van der Waals surface area contributed by atoms with Crippen molar-refractivity contribution < 1.29 is 23.9 Å². The summed E-state index contributed by atoms with van der Waals surface area (Å²) in [7, 11) is 0. The Morgan fingerprint density at radius 2 is 1.43 bits per heavy atom. The van der Waals surface area contributed by atoms with Crippen LogP contribution >= 0.6 is 0 Å². The van der Waals surface area contributed by atoms with Gasteiger partial charge in [0.2, 0.25) is 5.78 Å². The number of ketones is 1. The molecule has 14 heavy (non-hydrogen) atoms. The topological polar surface area (TPSA) is 69.7 Å². The fraction of sp³-hybridized carbons (Fsp3) is 0.667. The molecular weight excluding hydrogens is 188 g/mol. The van der Waals surface area contributed by atoms with E-state index in [0.29, 0.717) is 0 Å². The van der Waals surface area contributed by atoms with Gasteiger partial charge in [-0.05, 0) is 0 Å². The molecule has 0 atom stereocenters. The summed E-state index contributed by atoms with van der Waals surface area (Å²) >= 11 is 0. The number of carbonyl (C=O) groups is 3. The average Bonchev–Trinajstić information content (AvgIpc) is 1.99. The fourth-order valence-electron chi connectivity index (χ4n) is 1.00. The van der Waals surface area contributed by atoms with Crippen LogP contribution in [0.25, 0.3) is 0 Å². The molecule has 0 aromatic rings. The second-order valence-electron chi connectivity index (χ2n) is 2.91.